The Balaban J connectivity index is 0.000000135. The van der Waals surface area contributed by atoms with Gasteiger partial charge in [0.2, 0.25) is 0 Å². The van der Waals surface area contributed by atoms with Gasteiger partial charge in [-0.05, 0) is 109 Å². The van der Waals surface area contributed by atoms with Crippen LogP contribution in [0.15, 0.2) is 210 Å². The molecule has 0 spiro atoms. The first-order valence-corrected chi connectivity index (χ1v) is 49.3. The van der Waals surface area contributed by atoms with Gasteiger partial charge in [0.15, 0.2) is 43.7 Å². The second-order valence-electron chi connectivity index (χ2n) is 36.6. The summed E-state index contributed by atoms with van der Waals surface area (Å²) in [5.74, 6) is -1.57. The Kier molecular flexibility index (Phi) is 30.5. The van der Waals surface area contributed by atoms with Gasteiger partial charge in [0.25, 0.3) is 33.4 Å². The normalized spacial score (nSPS) is 12.0. The van der Waals surface area contributed by atoms with E-state index >= 15 is 0 Å². The molecule has 0 radical (unpaired) electrons. The number of sulfone groups is 1. The van der Waals surface area contributed by atoms with Crippen molar-refractivity contribution in [3.8, 4) is 110 Å². The highest BCUT2D eigenvalue weighted by molar-refractivity contribution is 7.91. The minimum absolute atomic E-state index is 0.0149. The summed E-state index contributed by atoms with van der Waals surface area (Å²) < 4.78 is 128. The number of hydrogen-bond acceptors (Lipinski definition) is 24. The predicted molar refractivity (Wildman–Crippen MR) is 543 cm³/mol. The number of H-pyrrole nitrogens is 6. The van der Waals surface area contributed by atoms with Gasteiger partial charge in [-0.3, -0.25) is 69.0 Å². The van der Waals surface area contributed by atoms with Crippen LogP contribution in [0, 0.1) is 80.7 Å². The predicted octanol–water partition coefficient (Wildman–Crippen LogP) is 18.8. The van der Waals surface area contributed by atoms with E-state index in [0.29, 0.717) is 114 Å². The Morgan fingerprint density at radius 2 is 0.753 bits per heavy atom. The van der Waals surface area contributed by atoms with Crippen LogP contribution in [0.1, 0.15) is 233 Å². The lowest BCUT2D eigenvalue weighted by Crippen LogP contribution is -2.22. The third kappa shape index (κ3) is 21.7. The van der Waals surface area contributed by atoms with Crippen LogP contribution in [0.25, 0.3) is 101 Å². The van der Waals surface area contributed by atoms with Crippen LogP contribution >= 0.6 is 11.3 Å². The molecule has 14 aromatic heterocycles. The Hall–Kier alpha value is -18.3. The summed E-state index contributed by atoms with van der Waals surface area (Å²) in [4.78, 5) is 109. The first kappa shape index (κ1) is 106. The van der Waals surface area contributed by atoms with E-state index in [-0.39, 0.29) is 119 Å². The zero-order chi connectivity index (χ0) is 108. The van der Waals surface area contributed by atoms with E-state index < -0.39 is 56.5 Å². The number of nitriles is 6. The molecule has 1 saturated carbocycles. The monoisotopic (exact) mass is 2070 g/mol. The van der Waals surface area contributed by atoms with Gasteiger partial charge in [0.1, 0.15) is 81.4 Å². The molecule has 20 rings (SSSR count). The standard InChI is InChI=1S/C19H18N4O.C18H18N4O3S.C17H12F4N4O.C17H13F3N4O2.C17H15N7OS.C17H16N4O/c1-11(2)16-17(14-7-5-13(6-8-14)12-3-4-12)22-18-15(9-20)10-21-23(18)19(16)24;1-4-26(24,25)14-7-5-6-12(8-14)16-15(11(2)3)18(23)22-17(21-16)13(9-19)10-20-22;1-8(2)13-14(9-3-11(17(19,20)21)5-12(18)4-9)24-15-10(6-22)7-23-25(15)16(13)26;1-9(2)13-14(10-4-3-5-12(6-10)26-17(18,19)20)23-15-11(7-21)8-22-24(15)16(13)25;1-10(2)14-15(22-16-11(3-18)4-21-24(16)17(14)25)12-5-20-23(7-12)8-13-6-19-9-26-13;1-10(2)14-15(12-6-4-11(3)5-7-12)20-16-13(8-18)9-19-21(16)17(14)22/h5-8,10-12,21H,3-4H2,1-2H3;5-8,10-11,20H,4H2,1-3H3;3-5,7-8,23H,1-2H3;3-6,8-9,22H,1-2H3;4-7,9-10,21H,8H2,1-2H3;4-7,9-10,19H,1-3H3. The third-order valence-electron chi connectivity index (χ3n) is 24.3. The summed E-state index contributed by atoms with van der Waals surface area (Å²) in [5.41, 5.74) is 12.7. The Morgan fingerprint density at radius 3 is 1.07 bits per heavy atom. The molecule has 150 heavy (non-hydrogen) atoms. The highest BCUT2D eigenvalue weighted by Gasteiger charge is 2.36. The quantitative estimate of drug-likeness (QED) is 0.0434. The molecule has 36 nitrogen and oxygen atoms in total. The fraction of sp³-hybridized carbons (Fsp3) is 0.257. The molecule has 1 aliphatic rings. The van der Waals surface area contributed by atoms with Crippen molar-refractivity contribution in [3.63, 3.8) is 0 Å². The van der Waals surface area contributed by atoms with Gasteiger partial charge >= 0.3 is 12.5 Å². The molecule has 0 aliphatic heterocycles. The molecule has 0 atom stereocenters. The van der Waals surface area contributed by atoms with Gasteiger partial charge in [-0.25, -0.2) is 69.8 Å². The number of nitrogens with one attached hydrogen (secondary N) is 6. The zero-order valence-corrected chi connectivity index (χ0v) is 84.3. The summed E-state index contributed by atoms with van der Waals surface area (Å²) in [6.45, 7) is 26.6. The lowest BCUT2D eigenvalue weighted by atomic mass is 9.97. The van der Waals surface area contributed by atoms with Crippen molar-refractivity contribution in [1.82, 2.24) is 102 Å². The van der Waals surface area contributed by atoms with Crippen molar-refractivity contribution in [2.24, 2.45) is 0 Å². The van der Waals surface area contributed by atoms with Crippen molar-refractivity contribution >= 4 is 55.1 Å². The number of aromatic nitrogens is 21. The number of rotatable bonds is 18. The van der Waals surface area contributed by atoms with Crippen LogP contribution in [0.4, 0.5) is 30.7 Å². The largest absolute Gasteiger partial charge is 0.573 e. The van der Waals surface area contributed by atoms with E-state index in [1.165, 1.54) is 97.9 Å². The maximum Gasteiger partial charge on any atom is 0.573 e. The van der Waals surface area contributed by atoms with Crippen LogP contribution in [0.5, 0.6) is 5.75 Å². The number of alkyl halides is 6. The number of fused-ring (bicyclic) bond motifs is 6. The summed E-state index contributed by atoms with van der Waals surface area (Å²) in [7, 11) is -3.39. The Bertz CT molecular complexity index is 9260. The molecule has 1 aliphatic carbocycles. The lowest BCUT2D eigenvalue weighted by Gasteiger charge is -2.14. The van der Waals surface area contributed by atoms with Gasteiger partial charge in [0, 0.05) is 121 Å². The van der Waals surface area contributed by atoms with Gasteiger partial charge in [0.05, 0.1) is 68.6 Å². The molecule has 0 amide bonds. The van der Waals surface area contributed by atoms with Crippen molar-refractivity contribution in [2.45, 2.75) is 175 Å². The third-order valence-corrected chi connectivity index (χ3v) is 26.8. The molecule has 1 fully saturated rings. The average Bonchev–Trinajstić information content (AvgIpc) is 1.58. The van der Waals surface area contributed by atoms with E-state index in [1.54, 1.807) is 80.7 Å². The van der Waals surface area contributed by atoms with Crippen molar-refractivity contribution in [2.75, 3.05) is 5.75 Å². The van der Waals surface area contributed by atoms with Crippen LogP contribution in [0.2, 0.25) is 0 Å². The molecule has 0 saturated heterocycles. The molecular weight excluding hydrogens is 1980 g/mol. The molecule has 0 bridgehead atoms. The number of ether oxygens (including phenoxy) is 1. The summed E-state index contributed by atoms with van der Waals surface area (Å²) in [6, 6.07) is 41.8. The molecular formula is C105H92F7N27O9S2. The minimum Gasteiger partial charge on any atom is -0.406 e. The average molecular weight is 2070 g/mol. The molecule has 6 N–H and O–H groups in total. The summed E-state index contributed by atoms with van der Waals surface area (Å²) in [6.07, 6.45) is 6.87. The molecule has 0 unspecified atom stereocenters. The number of nitrogens with zero attached hydrogens (tertiary/aromatic N) is 21. The Morgan fingerprint density at radius 1 is 0.420 bits per heavy atom. The van der Waals surface area contributed by atoms with Crippen LogP contribution in [-0.4, -0.2) is 123 Å². The Labute approximate surface area is 851 Å². The molecule has 19 aromatic rings. The van der Waals surface area contributed by atoms with Crippen LogP contribution < -0.4 is 38.1 Å². The van der Waals surface area contributed by atoms with Crippen LogP contribution in [-0.2, 0) is 22.6 Å². The maximum atomic E-state index is 13.8. The first-order valence-electron chi connectivity index (χ1n) is 46.7. The lowest BCUT2D eigenvalue weighted by molar-refractivity contribution is -0.274. The van der Waals surface area contributed by atoms with E-state index in [1.807, 2.05) is 123 Å². The number of hydrogen-bond donors (Lipinski definition) is 6. The smallest absolute Gasteiger partial charge is 0.406 e. The van der Waals surface area contributed by atoms with Crippen LogP contribution in [0.3, 0.4) is 0 Å². The SMILES string of the molecule is CC(C)c1c(-c2cc(F)cc(C(F)(F)F)c2)nc2c(C#N)c[nH]n2c1=O.CC(C)c1c(-c2ccc(C3CC3)cc2)nc2c(C#N)c[nH]n2c1=O.CC(C)c1c(-c2cccc(OC(F)(F)F)c2)nc2c(C#N)c[nH]n2c1=O.CC(C)c1c(-c2cnn(Cc3cncs3)c2)nc2c(C#N)c[nH]n2c1=O.CCS(=O)(=O)c1cccc(-c2nc3c(C#N)c[nH]n3c(=O)c2C(C)C)c1.Cc1ccc(-c2nc3c(C#N)c[nH]n3c(=O)c2C(C)C)cc1. The van der Waals surface area contributed by atoms with Crippen molar-refractivity contribution in [3.05, 3.63) is 333 Å². The summed E-state index contributed by atoms with van der Waals surface area (Å²) >= 11 is 1.56. The number of halogens is 7. The van der Waals surface area contributed by atoms with Gasteiger partial charge in [-0.2, -0.15) is 49.8 Å². The molecule has 762 valence electrons. The number of aromatic amines is 6. The van der Waals surface area contributed by atoms with Crippen molar-refractivity contribution < 1.29 is 43.9 Å². The second-order valence-corrected chi connectivity index (χ2v) is 39.9. The van der Waals surface area contributed by atoms with Gasteiger partial charge < -0.3 is 4.74 Å². The van der Waals surface area contributed by atoms with E-state index in [2.05, 4.69) is 106 Å². The molecule has 5 aromatic carbocycles. The summed E-state index contributed by atoms with van der Waals surface area (Å²) in [5, 5.41) is 76.0. The molecule has 14 heterocycles. The zero-order valence-electron chi connectivity index (χ0n) is 82.6. The molecule has 45 heteroatoms. The fourth-order valence-electron chi connectivity index (χ4n) is 16.9. The van der Waals surface area contributed by atoms with E-state index in [4.69, 9.17) is 15.8 Å². The fourth-order valence-corrected chi connectivity index (χ4v) is 18.4. The number of benzene rings is 5. The van der Waals surface area contributed by atoms with Gasteiger partial charge in [-0.15, -0.1) is 24.5 Å². The van der Waals surface area contributed by atoms with E-state index in [9.17, 15) is 83.7 Å². The second kappa shape index (κ2) is 43.1. The van der Waals surface area contributed by atoms with Gasteiger partial charge in [-0.1, -0.05) is 168 Å². The first-order chi connectivity index (χ1) is 71.3. The van der Waals surface area contributed by atoms with Crippen molar-refractivity contribution in [1.29, 1.82) is 31.6 Å². The number of aryl methyl sites for hydroxylation is 1. The minimum atomic E-state index is -4.83. The highest BCUT2D eigenvalue weighted by atomic mass is 32.2. The maximum absolute atomic E-state index is 13.8. The number of thiazole rings is 1. The van der Waals surface area contributed by atoms with E-state index in [0.717, 1.165) is 60.4 Å². The topological polar surface area (TPSA) is 518 Å². The highest BCUT2D eigenvalue weighted by Crippen LogP contribution is 2.42.